The third-order valence-corrected chi connectivity index (χ3v) is 5.11. The molecule has 1 aromatic carbocycles. The molecule has 1 N–H and O–H groups in total. The molecule has 1 aromatic heterocycles. The van der Waals surface area contributed by atoms with Crippen LogP contribution in [-0.2, 0) is 27.8 Å². The van der Waals surface area contributed by atoms with Crippen LogP contribution >= 0.6 is 0 Å². The molecule has 0 aliphatic heterocycles. The molecule has 1 aliphatic rings. The number of ketones is 2. The van der Waals surface area contributed by atoms with E-state index < -0.39 is 6.04 Å². The summed E-state index contributed by atoms with van der Waals surface area (Å²) in [6.07, 6.45) is 2.98. The van der Waals surface area contributed by atoms with Crippen molar-refractivity contribution < 1.29 is 19.4 Å². The third kappa shape index (κ3) is 4.20. The molecular formula is C20H26N2O5. The fraction of sp³-hybridized carbons (Fsp3) is 0.550. The van der Waals surface area contributed by atoms with Gasteiger partial charge in [-0.25, -0.2) is 4.79 Å². The molecule has 3 rings (SSSR count). The van der Waals surface area contributed by atoms with Gasteiger partial charge in [0, 0.05) is 33.3 Å². The summed E-state index contributed by atoms with van der Waals surface area (Å²) in [7, 11) is 1.71. The quantitative estimate of drug-likeness (QED) is 0.559. The lowest BCUT2D eigenvalue weighted by molar-refractivity contribution is -0.132. The zero-order valence-corrected chi connectivity index (χ0v) is 15.6. The highest BCUT2D eigenvalue weighted by atomic mass is 16.5. The number of rotatable bonds is 8. The lowest BCUT2D eigenvalue weighted by Gasteiger charge is -2.21. The van der Waals surface area contributed by atoms with Crippen LogP contribution in [0.1, 0.15) is 43.7 Å². The molecule has 1 heterocycles. The Morgan fingerprint density at radius 1 is 1.15 bits per heavy atom. The van der Waals surface area contributed by atoms with Crippen molar-refractivity contribution in [2.75, 3.05) is 19.8 Å². The predicted octanol–water partition coefficient (Wildman–Crippen LogP) is 1.53. The smallest absolute Gasteiger partial charge is 0.329 e. The Morgan fingerprint density at radius 3 is 2.67 bits per heavy atom. The predicted molar refractivity (Wildman–Crippen MR) is 101 cm³/mol. The van der Waals surface area contributed by atoms with Crippen molar-refractivity contribution in [1.82, 2.24) is 9.13 Å². The summed E-state index contributed by atoms with van der Waals surface area (Å²) in [4.78, 5) is 36.5. The van der Waals surface area contributed by atoms with Crippen molar-refractivity contribution in [2.45, 2.75) is 44.6 Å². The zero-order valence-electron chi connectivity index (χ0n) is 15.6. The summed E-state index contributed by atoms with van der Waals surface area (Å²) >= 11 is 0. The first kappa shape index (κ1) is 19.5. The first-order valence-electron chi connectivity index (χ1n) is 9.45. The van der Waals surface area contributed by atoms with Gasteiger partial charge in [-0.05, 0) is 43.4 Å². The second-order valence-electron chi connectivity index (χ2n) is 7.06. The van der Waals surface area contributed by atoms with Gasteiger partial charge >= 0.3 is 5.69 Å². The molecule has 1 atom stereocenters. The minimum Gasteiger partial charge on any atom is -0.396 e. The van der Waals surface area contributed by atoms with Gasteiger partial charge in [0.15, 0.2) is 5.78 Å². The van der Waals surface area contributed by atoms with Crippen molar-refractivity contribution in [3.05, 3.63) is 34.2 Å². The van der Waals surface area contributed by atoms with E-state index >= 15 is 0 Å². The van der Waals surface area contributed by atoms with Crippen LogP contribution in [0, 0.1) is 0 Å². The number of aromatic nitrogens is 2. The molecule has 1 aliphatic carbocycles. The normalized spacial score (nSPS) is 17.8. The van der Waals surface area contributed by atoms with Crippen LogP contribution in [-0.4, -0.2) is 45.6 Å². The van der Waals surface area contributed by atoms with Crippen LogP contribution in [0.15, 0.2) is 23.0 Å². The van der Waals surface area contributed by atoms with E-state index in [4.69, 9.17) is 9.84 Å². The minimum absolute atomic E-state index is 0.0481. The third-order valence-electron chi connectivity index (χ3n) is 5.11. The van der Waals surface area contributed by atoms with Crippen LogP contribution < -0.4 is 5.69 Å². The Labute approximate surface area is 157 Å². The number of aliphatic hydroxyl groups excluding tert-OH is 1. The van der Waals surface area contributed by atoms with Crippen molar-refractivity contribution in [3.8, 4) is 0 Å². The molecule has 1 saturated carbocycles. The number of aliphatic hydroxyl groups is 1. The van der Waals surface area contributed by atoms with E-state index in [-0.39, 0.29) is 30.3 Å². The molecule has 0 radical (unpaired) electrons. The Kier molecular flexibility index (Phi) is 6.23. The highest BCUT2D eigenvalue weighted by Crippen LogP contribution is 2.26. The highest BCUT2D eigenvalue weighted by molar-refractivity contribution is 6.03. The van der Waals surface area contributed by atoms with Crippen molar-refractivity contribution in [1.29, 1.82) is 0 Å². The number of imidazole rings is 1. The molecule has 7 nitrogen and oxygen atoms in total. The Balaban J connectivity index is 1.78. The molecular weight excluding hydrogens is 348 g/mol. The number of nitrogens with zero attached hydrogens (tertiary/aromatic N) is 2. The van der Waals surface area contributed by atoms with Crippen LogP contribution in [0.5, 0.6) is 0 Å². The van der Waals surface area contributed by atoms with E-state index in [1.54, 1.807) is 16.2 Å². The van der Waals surface area contributed by atoms with Gasteiger partial charge in [-0.2, -0.15) is 0 Å². The van der Waals surface area contributed by atoms with Gasteiger partial charge in [-0.15, -0.1) is 0 Å². The average Bonchev–Trinajstić information content (AvgIpc) is 2.89. The van der Waals surface area contributed by atoms with E-state index in [1.807, 2.05) is 18.2 Å². The minimum atomic E-state index is -0.551. The van der Waals surface area contributed by atoms with E-state index in [1.165, 1.54) is 0 Å². The van der Waals surface area contributed by atoms with Crippen molar-refractivity contribution in [2.24, 2.45) is 7.05 Å². The van der Waals surface area contributed by atoms with E-state index in [0.29, 0.717) is 32.5 Å². The molecule has 0 amide bonds. The Bertz CT molecular complexity index is 896. The summed E-state index contributed by atoms with van der Waals surface area (Å²) in [5, 5.41) is 8.73. The molecule has 0 bridgehead atoms. The van der Waals surface area contributed by atoms with Crippen LogP contribution in [0.3, 0.4) is 0 Å². The van der Waals surface area contributed by atoms with Gasteiger partial charge in [0.1, 0.15) is 5.78 Å². The number of ether oxygens (including phenoxy) is 1. The number of hydrogen-bond donors (Lipinski definition) is 1. The maximum absolute atomic E-state index is 12.7. The SMILES string of the molecule is Cn1c(=O)n(C2CCC(=O)CC2=O)c2ccc(CCCOCCCO)cc21. The number of aryl methyl sites for hydroxylation is 2. The van der Waals surface area contributed by atoms with Crippen molar-refractivity contribution >= 4 is 22.6 Å². The zero-order chi connectivity index (χ0) is 19.4. The first-order valence-corrected chi connectivity index (χ1v) is 9.45. The second kappa shape index (κ2) is 8.63. The second-order valence-corrected chi connectivity index (χ2v) is 7.06. The lowest BCUT2D eigenvalue weighted by atomic mass is 9.92. The number of fused-ring (bicyclic) bond motifs is 1. The van der Waals surface area contributed by atoms with Crippen molar-refractivity contribution in [3.63, 3.8) is 0 Å². The summed E-state index contributed by atoms with van der Waals surface area (Å²) in [5.74, 6) is -0.224. The molecule has 27 heavy (non-hydrogen) atoms. The molecule has 7 heteroatoms. The Morgan fingerprint density at radius 2 is 1.93 bits per heavy atom. The van der Waals surface area contributed by atoms with Gasteiger partial charge < -0.3 is 9.84 Å². The number of Topliss-reactive ketones (excluding diaryl/α,β-unsaturated/α-hetero) is 2. The summed E-state index contributed by atoms with van der Waals surface area (Å²) in [5.41, 5.74) is 2.41. The molecule has 1 fully saturated rings. The van der Waals surface area contributed by atoms with Crippen LogP contribution in [0.4, 0.5) is 0 Å². The molecule has 0 saturated heterocycles. The van der Waals surface area contributed by atoms with Crippen LogP contribution in [0.25, 0.3) is 11.0 Å². The summed E-state index contributed by atoms with van der Waals surface area (Å²) in [6.45, 7) is 1.33. The van der Waals surface area contributed by atoms with Gasteiger partial charge in [0.05, 0.1) is 23.5 Å². The largest absolute Gasteiger partial charge is 0.396 e. The van der Waals surface area contributed by atoms with E-state index in [9.17, 15) is 14.4 Å². The van der Waals surface area contributed by atoms with Gasteiger partial charge in [-0.3, -0.25) is 18.7 Å². The molecule has 1 unspecified atom stereocenters. The van der Waals surface area contributed by atoms with Gasteiger partial charge in [0.2, 0.25) is 0 Å². The lowest BCUT2D eigenvalue weighted by Crippen LogP contribution is -2.34. The number of carbonyl (C=O) groups excluding carboxylic acids is 2. The number of benzene rings is 1. The number of hydrogen-bond acceptors (Lipinski definition) is 5. The summed E-state index contributed by atoms with van der Waals surface area (Å²) in [6, 6.07) is 5.30. The average molecular weight is 374 g/mol. The maximum Gasteiger partial charge on any atom is 0.329 e. The van der Waals surface area contributed by atoms with Gasteiger partial charge in [0.25, 0.3) is 0 Å². The molecule has 2 aromatic rings. The fourth-order valence-corrected chi connectivity index (χ4v) is 3.65. The number of carbonyl (C=O) groups is 2. The van der Waals surface area contributed by atoms with Crippen LogP contribution in [0.2, 0.25) is 0 Å². The van der Waals surface area contributed by atoms with E-state index in [0.717, 1.165) is 29.4 Å². The standard InChI is InChI=1S/C20H26N2O5/c1-21-18-12-14(4-2-10-27-11-3-9-23)5-7-16(18)22(20(21)26)17-8-6-15(24)13-19(17)25/h5,7,12,17,23H,2-4,6,8-11,13H2,1H3. The molecule has 146 valence electrons. The highest BCUT2D eigenvalue weighted by Gasteiger charge is 2.31. The van der Waals surface area contributed by atoms with E-state index in [2.05, 4.69) is 0 Å². The van der Waals surface area contributed by atoms with Gasteiger partial charge in [-0.1, -0.05) is 6.07 Å². The topological polar surface area (TPSA) is 90.5 Å². The first-order chi connectivity index (χ1) is 13.0. The monoisotopic (exact) mass is 374 g/mol. The Hall–Kier alpha value is -2.25. The molecule has 0 spiro atoms. The maximum atomic E-state index is 12.7. The summed E-state index contributed by atoms with van der Waals surface area (Å²) < 4.78 is 8.56. The fourth-order valence-electron chi connectivity index (χ4n) is 3.65.